The Hall–Kier alpha value is -2.61. The number of sulfone groups is 1. The van der Waals surface area contributed by atoms with Crippen molar-refractivity contribution in [1.82, 2.24) is 9.97 Å². The van der Waals surface area contributed by atoms with Gasteiger partial charge in [-0.3, -0.25) is 0 Å². The van der Waals surface area contributed by atoms with Crippen LogP contribution in [-0.4, -0.2) is 24.6 Å². The highest BCUT2D eigenvalue weighted by molar-refractivity contribution is 7.90. The van der Waals surface area contributed by atoms with Crippen LogP contribution in [0.4, 0.5) is 13.2 Å². The summed E-state index contributed by atoms with van der Waals surface area (Å²) in [6, 6.07) is 12.6. The van der Waals surface area contributed by atoms with Gasteiger partial charge in [-0.1, -0.05) is 36.4 Å². The molecule has 1 heterocycles. The lowest BCUT2D eigenvalue weighted by Crippen LogP contribution is -2.07. The zero-order valence-corrected chi connectivity index (χ0v) is 14.7. The second-order valence-corrected chi connectivity index (χ2v) is 7.93. The minimum atomic E-state index is -4.62. The molecular formula is C18H15F3N2O2S. The summed E-state index contributed by atoms with van der Waals surface area (Å²) in [5.74, 6) is -1.10. The Morgan fingerprint density at radius 2 is 1.62 bits per heavy atom. The predicted molar refractivity (Wildman–Crippen MR) is 92.3 cm³/mol. The third-order valence-electron chi connectivity index (χ3n) is 3.94. The summed E-state index contributed by atoms with van der Waals surface area (Å²) in [5, 5.41) is 0. The Balaban J connectivity index is 2.20. The first-order valence-electron chi connectivity index (χ1n) is 7.61. The number of H-pyrrole nitrogens is 1. The van der Waals surface area contributed by atoms with Gasteiger partial charge in [0.05, 0.1) is 16.3 Å². The molecule has 136 valence electrons. The molecule has 4 nitrogen and oxygen atoms in total. The molecule has 3 aromatic rings. The summed E-state index contributed by atoms with van der Waals surface area (Å²) in [6.07, 6.45) is -3.56. The Bertz CT molecular complexity index is 1050. The fraction of sp³-hybridized carbons (Fsp3) is 0.167. The third kappa shape index (κ3) is 3.50. The summed E-state index contributed by atoms with van der Waals surface area (Å²) in [4.78, 5) is 6.19. The van der Waals surface area contributed by atoms with Crippen molar-refractivity contribution >= 4 is 9.84 Å². The van der Waals surface area contributed by atoms with Crippen LogP contribution in [0.15, 0.2) is 53.4 Å². The molecule has 0 aliphatic carbocycles. The Labute approximate surface area is 148 Å². The molecule has 0 saturated heterocycles. The molecule has 0 fully saturated rings. The van der Waals surface area contributed by atoms with Crippen molar-refractivity contribution in [3.05, 3.63) is 59.9 Å². The van der Waals surface area contributed by atoms with Crippen LogP contribution in [0.25, 0.3) is 22.5 Å². The van der Waals surface area contributed by atoms with Gasteiger partial charge in [-0.15, -0.1) is 0 Å². The summed E-state index contributed by atoms with van der Waals surface area (Å²) < 4.78 is 62.6. The number of aromatic nitrogens is 2. The van der Waals surface area contributed by atoms with Gasteiger partial charge in [-0.05, 0) is 24.6 Å². The second kappa shape index (κ2) is 6.28. The lowest BCUT2D eigenvalue weighted by atomic mass is 10.0. The minimum absolute atomic E-state index is 0.0882. The van der Waals surface area contributed by atoms with Crippen molar-refractivity contribution in [2.75, 3.05) is 6.26 Å². The molecule has 0 saturated carbocycles. The SMILES string of the molecule is Cc1ccccc1-c1[nH]c(C(F)(F)F)nc1-c1ccc(S(C)(=O)=O)cc1. The van der Waals surface area contributed by atoms with E-state index in [9.17, 15) is 21.6 Å². The molecule has 3 rings (SSSR count). The van der Waals surface area contributed by atoms with Crippen molar-refractivity contribution < 1.29 is 21.6 Å². The molecule has 0 spiro atoms. The molecule has 26 heavy (non-hydrogen) atoms. The molecule has 8 heteroatoms. The maximum absolute atomic E-state index is 13.2. The van der Waals surface area contributed by atoms with Crippen LogP contribution in [0.1, 0.15) is 11.4 Å². The number of nitrogens with one attached hydrogen (secondary N) is 1. The maximum Gasteiger partial charge on any atom is 0.449 e. The lowest BCUT2D eigenvalue weighted by Gasteiger charge is -2.07. The molecule has 0 atom stereocenters. The van der Waals surface area contributed by atoms with E-state index in [1.165, 1.54) is 24.3 Å². The van der Waals surface area contributed by atoms with Gasteiger partial charge in [-0.25, -0.2) is 13.4 Å². The maximum atomic E-state index is 13.2. The number of aromatic amines is 1. The highest BCUT2D eigenvalue weighted by Crippen LogP contribution is 2.36. The van der Waals surface area contributed by atoms with Crippen LogP contribution in [0.3, 0.4) is 0 Å². The van der Waals surface area contributed by atoms with E-state index in [1.807, 2.05) is 0 Å². The standard InChI is InChI=1S/C18H15F3N2O2S/c1-11-5-3-4-6-14(11)16-15(22-17(23-16)18(19,20)21)12-7-9-13(10-8-12)26(2,24)25/h3-10H,1-2H3,(H,22,23). The number of imidazole rings is 1. The number of nitrogens with zero attached hydrogens (tertiary/aromatic N) is 1. The first-order chi connectivity index (χ1) is 12.1. The first-order valence-corrected chi connectivity index (χ1v) is 9.50. The molecule has 1 aromatic heterocycles. The number of hydrogen-bond acceptors (Lipinski definition) is 3. The highest BCUT2D eigenvalue weighted by Gasteiger charge is 2.36. The smallest absolute Gasteiger partial charge is 0.334 e. The molecule has 0 aliphatic rings. The zero-order valence-electron chi connectivity index (χ0n) is 13.9. The van der Waals surface area contributed by atoms with E-state index >= 15 is 0 Å². The Morgan fingerprint density at radius 3 is 2.15 bits per heavy atom. The third-order valence-corrected chi connectivity index (χ3v) is 5.07. The number of halogens is 3. The quantitative estimate of drug-likeness (QED) is 0.729. The normalized spacial score (nSPS) is 12.3. The van der Waals surface area contributed by atoms with Crippen LogP contribution in [-0.2, 0) is 16.0 Å². The second-order valence-electron chi connectivity index (χ2n) is 5.92. The van der Waals surface area contributed by atoms with Crippen molar-refractivity contribution in [3.8, 4) is 22.5 Å². The summed E-state index contributed by atoms with van der Waals surface area (Å²) >= 11 is 0. The van der Waals surface area contributed by atoms with Gasteiger partial charge in [0.2, 0.25) is 5.82 Å². The van der Waals surface area contributed by atoms with Gasteiger partial charge < -0.3 is 4.98 Å². The van der Waals surface area contributed by atoms with E-state index in [1.54, 1.807) is 31.2 Å². The average Bonchev–Trinajstić information content (AvgIpc) is 3.00. The topological polar surface area (TPSA) is 62.8 Å². The van der Waals surface area contributed by atoms with Crippen LogP contribution >= 0.6 is 0 Å². The van der Waals surface area contributed by atoms with Gasteiger partial charge in [-0.2, -0.15) is 13.2 Å². The van der Waals surface area contributed by atoms with Crippen LogP contribution in [0, 0.1) is 6.92 Å². The molecule has 0 bridgehead atoms. The van der Waals surface area contributed by atoms with E-state index in [-0.39, 0.29) is 16.3 Å². The number of benzene rings is 2. The summed E-state index contributed by atoms with van der Waals surface area (Å²) in [5.41, 5.74) is 2.13. The average molecular weight is 380 g/mol. The van der Waals surface area contributed by atoms with Crippen molar-refractivity contribution in [2.24, 2.45) is 0 Å². The van der Waals surface area contributed by atoms with Gasteiger partial charge in [0.1, 0.15) is 0 Å². The summed E-state index contributed by atoms with van der Waals surface area (Å²) in [6.45, 7) is 1.79. The summed E-state index contributed by atoms with van der Waals surface area (Å²) in [7, 11) is -3.40. The van der Waals surface area contributed by atoms with Crippen LogP contribution < -0.4 is 0 Å². The van der Waals surface area contributed by atoms with Gasteiger partial charge in [0.25, 0.3) is 0 Å². The molecule has 0 radical (unpaired) electrons. The fourth-order valence-corrected chi connectivity index (χ4v) is 3.26. The van der Waals surface area contributed by atoms with E-state index in [2.05, 4.69) is 9.97 Å². The minimum Gasteiger partial charge on any atom is -0.334 e. The van der Waals surface area contributed by atoms with E-state index in [0.29, 0.717) is 11.1 Å². The lowest BCUT2D eigenvalue weighted by molar-refractivity contribution is -0.144. The number of alkyl halides is 3. The molecule has 0 unspecified atom stereocenters. The van der Waals surface area contributed by atoms with Gasteiger partial charge in [0, 0.05) is 17.4 Å². The molecular weight excluding hydrogens is 365 g/mol. The Kier molecular flexibility index (Phi) is 4.39. The van der Waals surface area contributed by atoms with Crippen molar-refractivity contribution in [3.63, 3.8) is 0 Å². The first kappa shape index (κ1) is 18.2. The molecule has 0 amide bonds. The van der Waals surface area contributed by atoms with Crippen LogP contribution in [0.5, 0.6) is 0 Å². The van der Waals surface area contributed by atoms with Crippen molar-refractivity contribution in [1.29, 1.82) is 0 Å². The number of aryl methyl sites for hydroxylation is 1. The van der Waals surface area contributed by atoms with Gasteiger partial charge in [0.15, 0.2) is 9.84 Å². The van der Waals surface area contributed by atoms with Crippen LogP contribution in [0.2, 0.25) is 0 Å². The molecule has 0 aliphatic heterocycles. The van der Waals surface area contributed by atoms with E-state index in [4.69, 9.17) is 0 Å². The Morgan fingerprint density at radius 1 is 1.00 bits per heavy atom. The highest BCUT2D eigenvalue weighted by atomic mass is 32.2. The number of rotatable bonds is 3. The largest absolute Gasteiger partial charge is 0.449 e. The molecule has 1 N–H and O–H groups in total. The molecule has 2 aromatic carbocycles. The van der Waals surface area contributed by atoms with E-state index in [0.717, 1.165) is 11.8 Å². The number of hydrogen-bond donors (Lipinski definition) is 1. The monoisotopic (exact) mass is 380 g/mol. The zero-order chi connectivity index (χ0) is 19.1. The fourth-order valence-electron chi connectivity index (χ4n) is 2.62. The van der Waals surface area contributed by atoms with E-state index < -0.39 is 21.8 Å². The van der Waals surface area contributed by atoms with Gasteiger partial charge >= 0.3 is 6.18 Å². The predicted octanol–water partition coefficient (Wildman–Crippen LogP) is 4.47. The van der Waals surface area contributed by atoms with Crippen molar-refractivity contribution in [2.45, 2.75) is 18.0 Å².